The van der Waals surface area contributed by atoms with Gasteiger partial charge in [0.2, 0.25) is 0 Å². The largest absolute Gasteiger partial charge is 0.465 e. The van der Waals surface area contributed by atoms with Crippen LogP contribution in [0.15, 0.2) is 30.6 Å². The zero-order valence-electron chi connectivity index (χ0n) is 10.7. The van der Waals surface area contributed by atoms with Gasteiger partial charge in [-0.05, 0) is 18.2 Å². The topological polar surface area (TPSA) is 56.1 Å². The van der Waals surface area contributed by atoms with Crippen molar-refractivity contribution in [3.63, 3.8) is 0 Å². The number of carbonyl (C=O) groups excluding carboxylic acids is 1. The Morgan fingerprint density at radius 3 is 2.95 bits per heavy atom. The van der Waals surface area contributed by atoms with Crippen molar-refractivity contribution in [2.75, 3.05) is 12.4 Å². The van der Waals surface area contributed by atoms with Crippen LogP contribution in [0.4, 0.5) is 10.1 Å². The number of benzene rings is 1. The van der Waals surface area contributed by atoms with Crippen LogP contribution in [-0.4, -0.2) is 22.9 Å². The van der Waals surface area contributed by atoms with Crippen LogP contribution in [0, 0.1) is 5.82 Å². The SMILES string of the molecule is COC(=O)c1ccc(F)cc1NCc1cnn(C)c1. The summed E-state index contributed by atoms with van der Waals surface area (Å²) < 4.78 is 19.6. The molecule has 0 radical (unpaired) electrons. The lowest BCUT2D eigenvalue weighted by molar-refractivity contribution is 0.0602. The maximum absolute atomic E-state index is 13.2. The second kappa shape index (κ2) is 5.51. The molecule has 0 aliphatic carbocycles. The number of hydrogen-bond donors (Lipinski definition) is 1. The minimum atomic E-state index is -0.506. The molecule has 1 aromatic carbocycles. The van der Waals surface area contributed by atoms with E-state index in [0.717, 1.165) is 5.56 Å². The maximum atomic E-state index is 13.2. The molecule has 0 atom stereocenters. The number of aromatic nitrogens is 2. The van der Waals surface area contributed by atoms with Crippen LogP contribution in [0.3, 0.4) is 0 Å². The number of aryl methyl sites for hydroxylation is 1. The van der Waals surface area contributed by atoms with E-state index >= 15 is 0 Å². The van der Waals surface area contributed by atoms with E-state index in [1.54, 1.807) is 10.9 Å². The Morgan fingerprint density at radius 1 is 1.53 bits per heavy atom. The van der Waals surface area contributed by atoms with Crippen LogP contribution in [0.5, 0.6) is 0 Å². The molecule has 0 saturated heterocycles. The minimum Gasteiger partial charge on any atom is -0.465 e. The van der Waals surface area contributed by atoms with E-state index in [0.29, 0.717) is 17.8 Å². The number of nitrogens with one attached hydrogen (secondary N) is 1. The highest BCUT2D eigenvalue weighted by molar-refractivity contribution is 5.95. The molecule has 0 aliphatic rings. The van der Waals surface area contributed by atoms with Crippen LogP contribution in [0.2, 0.25) is 0 Å². The molecule has 1 aromatic heterocycles. The van der Waals surface area contributed by atoms with Crippen LogP contribution in [-0.2, 0) is 18.3 Å². The lowest BCUT2D eigenvalue weighted by Crippen LogP contribution is -2.08. The van der Waals surface area contributed by atoms with Gasteiger partial charge in [0.25, 0.3) is 0 Å². The van der Waals surface area contributed by atoms with Gasteiger partial charge in [0, 0.05) is 25.4 Å². The standard InChI is InChI=1S/C13H14FN3O2/c1-17-8-9(7-16-17)6-15-12-5-10(14)3-4-11(12)13(18)19-2/h3-5,7-8,15H,6H2,1-2H3. The van der Waals surface area contributed by atoms with E-state index in [-0.39, 0.29) is 0 Å². The zero-order chi connectivity index (χ0) is 13.8. The number of carbonyl (C=O) groups is 1. The lowest BCUT2D eigenvalue weighted by atomic mass is 10.1. The molecule has 0 fully saturated rings. The fourth-order valence-electron chi connectivity index (χ4n) is 1.71. The molecule has 19 heavy (non-hydrogen) atoms. The average molecular weight is 263 g/mol. The zero-order valence-corrected chi connectivity index (χ0v) is 10.7. The molecule has 1 heterocycles. The lowest BCUT2D eigenvalue weighted by Gasteiger charge is -2.10. The summed E-state index contributed by atoms with van der Waals surface area (Å²) in [4.78, 5) is 11.6. The first-order valence-corrected chi connectivity index (χ1v) is 5.69. The van der Waals surface area contributed by atoms with E-state index < -0.39 is 11.8 Å². The van der Waals surface area contributed by atoms with Crippen molar-refractivity contribution < 1.29 is 13.9 Å². The third-order valence-electron chi connectivity index (χ3n) is 2.63. The molecule has 5 nitrogen and oxygen atoms in total. The Bertz CT molecular complexity index is 595. The van der Waals surface area contributed by atoms with Crippen molar-refractivity contribution in [1.29, 1.82) is 0 Å². The van der Waals surface area contributed by atoms with Crippen LogP contribution in [0.25, 0.3) is 0 Å². The van der Waals surface area contributed by atoms with Crippen molar-refractivity contribution in [1.82, 2.24) is 9.78 Å². The first-order chi connectivity index (χ1) is 9.10. The fraction of sp³-hybridized carbons (Fsp3) is 0.231. The van der Waals surface area contributed by atoms with E-state index in [1.165, 1.54) is 25.3 Å². The Balaban J connectivity index is 2.18. The predicted octanol–water partition coefficient (Wildman–Crippen LogP) is 1.96. The molecule has 0 aliphatic heterocycles. The molecule has 0 unspecified atom stereocenters. The van der Waals surface area contributed by atoms with Crippen molar-refractivity contribution in [2.24, 2.45) is 7.05 Å². The number of esters is 1. The first kappa shape index (κ1) is 13.1. The van der Waals surface area contributed by atoms with Crippen LogP contribution >= 0.6 is 0 Å². The summed E-state index contributed by atoms with van der Waals surface area (Å²) in [5, 5.41) is 7.04. The normalized spacial score (nSPS) is 10.3. The number of nitrogens with zero attached hydrogens (tertiary/aromatic N) is 2. The van der Waals surface area contributed by atoms with Crippen LogP contribution < -0.4 is 5.32 Å². The summed E-state index contributed by atoms with van der Waals surface area (Å²) in [7, 11) is 3.10. The third kappa shape index (κ3) is 3.09. The molecule has 100 valence electrons. The number of rotatable bonds is 4. The Hall–Kier alpha value is -2.37. The van der Waals surface area contributed by atoms with Crippen molar-refractivity contribution >= 4 is 11.7 Å². The van der Waals surface area contributed by atoms with Gasteiger partial charge < -0.3 is 10.1 Å². The molecular formula is C13H14FN3O2. The molecule has 2 aromatic rings. The highest BCUT2D eigenvalue weighted by Crippen LogP contribution is 2.19. The van der Waals surface area contributed by atoms with E-state index in [2.05, 4.69) is 15.2 Å². The monoisotopic (exact) mass is 263 g/mol. The van der Waals surface area contributed by atoms with Gasteiger partial charge in [-0.1, -0.05) is 0 Å². The summed E-state index contributed by atoms with van der Waals surface area (Å²) in [6.07, 6.45) is 3.54. The van der Waals surface area contributed by atoms with Crippen molar-refractivity contribution in [2.45, 2.75) is 6.54 Å². The van der Waals surface area contributed by atoms with Gasteiger partial charge in [0.05, 0.1) is 24.6 Å². The third-order valence-corrected chi connectivity index (χ3v) is 2.63. The maximum Gasteiger partial charge on any atom is 0.339 e. The second-order valence-electron chi connectivity index (χ2n) is 4.06. The van der Waals surface area contributed by atoms with E-state index in [1.807, 2.05) is 13.2 Å². The molecule has 0 spiro atoms. The molecule has 0 saturated carbocycles. The summed E-state index contributed by atoms with van der Waals surface area (Å²) in [6.45, 7) is 0.446. The Labute approximate surface area is 110 Å². The molecule has 1 N–H and O–H groups in total. The van der Waals surface area contributed by atoms with Gasteiger partial charge in [0.15, 0.2) is 0 Å². The number of halogens is 1. The molecule has 2 rings (SSSR count). The number of methoxy groups -OCH3 is 1. The summed E-state index contributed by atoms with van der Waals surface area (Å²) in [6, 6.07) is 3.89. The summed E-state index contributed by atoms with van der Waals surface area (Å²) in [5.74, 6) is -0.921. The van der Waals surface area contributed by atoms with Crippen molar-refractivity contribution in [3.8, 4) is 0 Å². The van der Waals surface area contributed by atoms with Gasteiger partial charge >= 0.3 is 5.97 Å². The Morgan fingerprint density at radius 2 is 2.32 bits per heavy atom. The number of hydrogen-bond acceptors (Lipinski definition) is 4. The van der Waals surface area contributed by atoms with E-state index in [9.17, 15) is 9.18 Å². The van der Waals surface area contributed by atoms with Crippen LogP contribution in [0.1, 0.15) is 15.9 Å². The number of anilines is 1. The molecule has 0 bridgehead atoms. The molecular weight excluding hydrogens is 249 g/mol. The number of ether oxygens (including phenoxy) is 1. The van der Waals surface area contributed by atoms with Gasteiger partial charge in [-0.25, -0.2) is 9.18 Å². The van der Waals surface area contributed by atoms with Gasteiger partial charge in [-0.15, -0.1) is 0 Å². The second-order valence-corrected chi connectivity index (χ2v) is 4.06. The average Bonchev–Trinajstić information content (AvgIpc) is 2.81. The predicted molar refractivity (Wildman–Crippen MR) is 68.3 cm³/mol. The minimum absolute atomic E-state index is 0.299. The van der Waals surface area contributed by atoms with Gasteiger partial charge in [-0.3, -0.25) is 4.68 Å². The molecule has 0 amide bonds. The first-order valence-electron chi connectivity index (χ1n) is 5.69. The van der Waals surface area contributed by atoms with Gasteiger partial charge in [-0.2, -0.15) is 5.10 Å². The summed E-state index contributed by atoms with van der Waals surface area (Å²) in [5.41, 5.74) is 1.63. The molecule has 6 heteroatoms. The highest BCUT2D eigenvalue weighted by Gasteiger charge is 2.12. The summed E-state index contributed by atoms with van der Waals surface area (Å²) >= 11 is 0. The van der Waals surface area contributed by atoms with Gasteiger partial charge in [0.1, 0.15) is 5.82 Å². The smallest absolute Gasteiger partial charge is 0.339 e. The highest BCUT2D eigenvalue weighted by atomic mass is 19.1. The fourth-order valence-corrected chi connectivity index (χ4v) is 1.71. The van der Waals surface area contributed by atoms with E-state index in [4.69, 9.17) is 0 Å². The quantitative estimate of drug-likeness (QED) is 0.857. The Kier molecular flexibility index (Phi) is 3.79. The van der Waals surface area contributed by atoms with Crippen molar-refractivity contribution in [3.05, 3.63) is 47.5 Å².